The third-order valence-corrected chi connectivity index (χ3v) is 4.54. The largest absolute Gasteiger partial charge is 0.493 e. The van der Waals surface area contributed by atoms with Crippen molar-refractivity contribution >= 4 is 5.96 Å². The van der Waals surface area contributed by atoms with Crippen molar-refractivity contribution in [1.82, 2.24) is 15.5 Å². The quantitative estimate of drug-likeness (QED) is 0.313. The predicted molar refractivity (Wildman–Crippen MR) is 114 cm³/mol. The summed E-state index contributed by atoms with van der Waals surface area (Å²) in [6.07, 6.45) is 3.61. The zero-order chi connectivity index (χ0) is 19.9. The van der Waals surface area contributed by atoms with Crippen LogP contribution >= 0.6 is 0 Å². The fourth-order valence-electron chi connectivity index (χ4n) is 2.75. The zero-order valence-electron chi connectivity index (χ0n) is 17.8. The number of hydrogen-bond donors (Lipinski definition) is 2. The van der Waals surface area contributed by atoms with Crippen LogP contribution in [0.3, 0.4) is 0 Å². The van der Waals surface area contributed by atoms with Crippen LogP contribution in [0, 0.1) is 0 Å². The first-order chi connectivity index (χ1) is 13.2. The lowest BCUT2D eigenvalue weighted by atomic mass is 10.2. The molecule has 0 fully saturated rings. The lowest BCUT2D eigenvalue weighted by Crippen LogP contribution is -2.37. The van der Waals surface area contributed by atoms with E-state index in [1.807, 2.05) is 12.1 Å². The van der Waals surface area contributed by atoms with Crippen molar-refractivity contribution in [3.8, 4) is 11.5 Å². The van der Waals surface area contributed by atoms with Crippen molar-refractivity contribution in [2.45, 2.75) is 46.6 Å². The third-order valence-electron chi connectivity index (χ3n) is 4.54. The van der Waals surface area contributed by atoms with Crippen molar-refractivity contribution in [3.05, 3.63) is 23.8 Å². The summed E-state index contributed by atoms with van der Waals surface area (Å²) in [5.74, 6) is 2.37. The molecule has 0 aliphatic rings. The van der Waals surface area contributed by atoms with Crippen LogP contribution in [-0.4, -0.2) is 57.8 Å². The Hall–Kier alpha value is -1.95. The van der Waals surface area contributed by atoms with Gasteiger partial charge < -0.3 is 25.0 Å². The van der Waals surface area contributed by atoms with Crippen molar-refractivity contribution in [3.63, 3.8) is 0 Å². The summed E-state index contributed by atoms with van der Waals surface area (Å²) >= 11 is 0. The second kappa shape index (κ2) is 14.2. The minimum absolute atomic E-state index is 0.657. The highest BCUT2D eigenvalue weighted by Crippen LogP contribution is 2.28. The van der Waals surface area contributed by atoms with Crippen LogP contribution in [0.15, 0.2) is 23.2 Å². The molecule has 1 rings (SSSR count). The van der Waals surface area contributed by atoms with Gasteiger partial charge in [0.25, 0.3) is 0 Å². The van der Waals surface area contributed by atoms with E-state index < -0.39 is 0 Å². The average Bonchev–Trinajstić information content (AvgIpc) is 2.71. The standard InChI is InChI=1S/C21H38N4O2/c1-6-9-10-13-23-21(22-4)24-17-18-11-12-19(20(16-18)26-5)27-15-14-25(7-2)8-3/h11-12,16H,6-10,13-15,17H2,1-5H3,(H2,22,23,24). The first kappa shape index (κ1) is 23.1. The number of nitrogens with one attached hydrogen (secondary N) is 2. The molecule has 2 N–H and O–H groups in total. The Kier molecular flexibility index (Phi) is 12.1. The minimum Gasteiger partial charge on any atom is -0.493 e. The molecule has 0 aliphatic heterocycles. The summed E-state index contributed by atoms with van der Waals surface area (Å²) in [6, 6.07) is 6.06. The molecule has 1 aromatic rings. The van der Waals surface area contributed by atoms with Crippen LogP contribution < -0.4 is 20.1 Å². The van der Waals surface area contributed by atoms with E-state index in [0.29, 0.717) is 13.2 Å². The zero-order valence-corrected chi connectivity index (χ0v) is 17.8. The molecule has 0 heterocycles. The first-order valence-corrected chi connectivity index (χ1v) is 10.1. The van der Waals surface area contributed by atoms with Gasteiger partial charge in [-0.1, -0.05) is 39.7 Å². The Morgan fingerprint density at radius 2 is 1.85 bits per heavy atom. The molecule has 0 radical (unpaired) electrons. The lowest BCUT2D eigenvalue weighted by molar-refractivity contribution is 0.217. The number of nitrogens with zero attached hydrogens (tertiary/aromatic N) is 2. The summed E-state index contributed by atoms with van der Waals surface area (Å²) in [5, 5.41) is 6.68. The second-order valence-electron chi connectivity index (χ2n) is 6.42. The van der Waals surface area contributed by atoms with Crippen LogP contribution in [0.2, 0.25) is 0 Å². The topological polar surface area (TPSA) is 58.1 Å². The SMILES string of the molecule is CCCCCNC(=NC)NCc1ccc(OCCN(CC)CC)c(OC)c1. The fraction of sp³-hybridized carbons (Fsp3) is 0.667. The predicted octanol–water partition coefficient (Wildman–Crippen LogP) is 3.27. The maximum atomic E-state index is 5.92. The van der Waals surface area contributed by atoms with Crippen LogP contribution in [0.5, 0.6) is 11.5 Å². The van der Waals surface area contributed by atoms with Crippen molar-refractivity contribution in [2.75, 3.05) is 46.9 Å². The fourth-order valence-corrected chi connectivity index (χ4v) is 2.75. The maximum Gasteiger partial charge on any atom is 0.191 e. The molecular weight excluding hydrogens is 340 g/mol. The van der Waals surface area contributed by atoms with Gasteiger partial charge >= 0.3 is 0 Å². The van der Waals surface area contributed by atoms with E-state index in [-0.39, 0.29) is 0 Å². The van der Waals surface area contributed by atoms with Crippen molar-refractivity contribution in [2.24, 2.45) is 4.99 Å². The van der Waals surface area contributed by atoms with Gasteiger partial charge in [0.15, 0.2) is 17.5 Å². The number of rotatable bonds is 13. The Morgan fingerprint density at radius 3 is 2.48 bits per heavy atom. The highest BCUT2D eigenvalue weighted by atomic mass is 16.5. The molecule has 6 heteroatoms. The van der Waals surface area contributed by atoms with Crippen molar-refractivity contribution < 1.29 is 9.47 Å². The van der Waals surface area contributed by atoms with E-state index in [0.717, 1.165) is 55.6 Å². The van der Waals surface area contributed by atoms with E-state index in [1.165, 1.54) is 12.8 Å². The molecule has 0 unspecified atom stereocenters. The Labute approximate surface area is 165 Å². The van der Waals surface area contributed by atoms with Gasteiger partial charge in [-0.2, -0.15) is 0 Å². The van der Waals surface area contributed by atoms with Gasteiger partial charge in [0.1, 0.15) is 6.61 Å². The Morgan fingerprint density at radius 1 is 1.07 bits per heavy atom. The normalized spacial score (nSPS) is 11.6. The number of hydrogen-bond acceptors (Lipinski definition) is 4. The van der Waals surface area contributed by atoms with Gasteiger partial charge in [-0.15, -0.1) is 0 Å². The van der Waals surface area contributed by atoms with Gasteiger partial charge in [0, 0.05) is 26.7 Å². The molecule has 0 spiro atoms. The number of ether oxygens (including phenoxy) is 2. The first-order valence-electron chi connectivity index (χ1n) is 10.1. The van der Waals surface area contributed by atoms with Gasteiger partial charge in [-0.05, 0) is 37.2 Å². The van der Waals surface area contributed by atoms with E-state index in [9.17, 15) is 0 Å². The lowest BCUT2D eigenvalue weighted by Gasteiger charge is -2.19. The number of aliphatic imine (C=N–C) groups is 1. The molecule has 6 nitrogen and oxygen atoms in total. The molecule has 0 atom stereocenters. The second-order valence-corrected chi connectivity index (χ2v) is 6.42. The molecule has 1 aromatic carbocycles. The van der Waals surface area contributed by atoms with Gasteiger partial charge in [-0.25, -0.2) is 0 Å². The number of benzene rings is 1. The Balaban J connectivity index is 2.52. The highest BCUT2D eigenvalue weighted by Gasteiger charge is 2.07. The summed E-state index contributed by atoms with van der Waals surface area (Å²) in [7, 11) is 3.47. The molecule has 0 saturated heterocycles. The summed E-state index contributed by atoms with van der Waals surface area (Å²) in [6.45, 7) is 11.8. The van der Waals surface area contributed by atoms with E-state index in [4.69, 9.17) is 9.47 Å². The number of methoxy groups -OCH3 is 1. The maximum absolute atomic E-state index is 5.92. The summed E-state index contributed by atoms with van der Waals surface area (Å²) in [5.41, 5.74) is 1.12. The molecule has 0 amide bonds. The number of likely N-dealkylation sites (N-methyl/N-ethyl adjacent to an activating group) is 1. The number of unbranched alkanes of at least 4 members (excludes halogenated alkanes) is 2. The minimum atomic E-state index is 0.657. The van der Waals surface area contributed by atoms with E-state index in [2.05, 4.69) is 47.4 Å². The van der Waals surface area contributed by atoms with Crippen LogP contribution in [0.1, 0.15) is 45.6 Å². The average molecular weight is 379 g/mol. The van der Waals surface area contributed by atoms with Crippen molar-refractivity contribution in [1.29, 1.82) is 0 Å². The molecule has 27 heavy (non-hydrogen) atoms. The van der Waals surface area contributed by atoms with Crippen LogP contribution in [0.25, 0.3) is 0 Å². The molecule has 0 saturated carbocycles. The van der Waals surface area contributed by atoms with E-state index in [1.54, 1.807) is 14.2 Å². The Bertz CT molecular complexity index is 545. The summed E-state index contributed by atoms with van der Waals surface area (Å²) < 4.78 is 11.4. The highest BCUT2D eigenvalue weighted by molar-refractivity contribution is 5.79. The molecule has 0 bridgehead atoms. The summed E-state index contributed by atoms with van der Waals surface area (Å²) in [4.78, 5) is 6.61. The van der Waals surface area contributed by atoms with Gasteiger partial charge in [0.2, 0.25) is 0 Å². The monoisotopic (exact) mass is 378 g/mol. The van der Waals surface area contributed by atoms with Crippen LogP contribution in [0.4, 0.5) is 0 Å². The van der Waals surface area contributed by atoms with E-state index >= 15 is 0 Å². The van der Waals surface area contributed by atoms with Gasteiger partial charge in [0.05, 0.1) is 7.11 Å². The molecule has 0 aliphatic carbocycles. The smallest absolute Gasteiger partial charge is 0.191 e. The van der Waals surface area contributed by atoms with Crippen LogP contribution in [-0.2, 0) is 6.54 Å². The molecule has 0 aromatic heterocycles. The third kappa shape index (κ3) is 9.00. The molecule has 154 valence electrons. The molecular formula is C21H38N4O2. The van der Waals surface area contributed by atoms with Gasteiger partial charge in [-0.3, -0.25) is 4.99 Å². The number of guanidine groups is 1.